The minimum absolute atomic E-state index is 0.423. The van der Waals surface area contributed by atoms with Crippen molar-refractivity contribution < 1.29 is 0 Å². The summed E-state index contributed by atoms with van der Waals surface area (Å²) in [5.41, 5.74) is 12.8. The Morgan fingerprint density at radius 2 is 1.42 bits per heavy atom. The second kappa shape index (κ2) is 17.3. The summed E-state index contributed by atoms with van der Waals surface area (Å²) >= 11 is 0. The molecule has 4 rings (SSSR count). The molecule has 4 heteroatoms. The van der Waals surface area contributed by atoms with Gasteiger partial charge in [0, 0.05) is 61.9 Å². The Labute approximate surface area is 220 Å². The molecule has 0 saturated carbocycles. The minimum Gasteiger partial charge on any atom is -0.399 e. The van der Waals surface area contributed by atoms with Crippen molar-refractivity contribution in [3.05, 3.63) is 108 Å². The predicted molar refractivity (Wildman–Crippen MR) is 158 cm³/mol. The minimum atomic E-state index is 0.423. The molecule has 1 aliphatic rings. The van der Waals surface area contributed by atoms with Crippen LogP contribution in [0.15, 0.2) is 85.2 Å². The van der Waals surface area contributed by atoms with Gasteiger partial charge in [-0.3, -0.25) is 9.88 Å². The summed E-state index contributed by atoms with van der Waals surface area (Å²) in [5.74, 6) is 0.423. The van der Waals surface area contributed by atoms with Gasteiger partial charge in [0.25, 0.3) is 0 Å². The summed E-state index contributed by atoms with van der Waals surface area (Å²) < 4.78 is 0. The van der Waals surface area contributed by atoms with E-state index in [1.165, 1.54) is 22.4 Å². The van der Waals surface area contributed by atoms with E-state index in [1.807, 2.05) is 58.2 Å². The Bertz CT molecular complexity index is 975. The molecule has 1 atom stereocenters. The molecule has 1 saturated heterocycles. The molecule has 36 heavy (non-hydrogen) atoms. The lowest BCUT2D eigenvalue weighted by atomic mass is 9.93. The fraction of sp³-hybridized carbons (Fsp3) is 0.406. The predicted octanol–water partition coefficient (Wildman–Crippen LogP) is 7.51. The Hall–Kier alpha value is -3.11. The van der Waals surface area contributed by atoms with Crippen LogP contribution in [0.25, 0.3) is 0 Å². The van der Waals surface area contributed by atoms with E-state index in [1.54, 1.807) is 0 Å². The highest BCUT2D eigenvalue weighted by molar-refractivity contribution is 5.42. The fourth-order valence-corrected chi connectivity index (χ4v) is 3.93. The highest BCUT2D eigenvalue weighted by Crippen LogP contribution is 2.24. The number of anilines is 1. The fourth-order valence-electron chi connectivity index (χ4n) is 3.93. The number of nitrogens with two attached hydrogens (primary N) is 1. The van der Waals surface area contributed by atoms with Gasteiger partial charge >= 0.3 is 0 Å². The van der Waals surface area contributed by atoms with Crippen molar-refractivity contribution in [2.45, 2.75) is 60.9 Å². The lowest BCUT2D eigenvalue weighted by Crippen LogP contribution is -2.44. The van der Waals surface area contributed by atoms with E-state index in [4.69, 9.17) is 5.73 Å². The summed E-state index contributed by atoms with van der Waals surface area (Å²) in [7, 11) is 0. The van der Waals surface area contributed by atoms with Crippen LogP contribution in [0.1, 0.15) is 69.8 Å². The maximum atomic E-state index is 5.67. The van der Waals surface area contributed by atoms with E-state index in [0.717, 1.165) is 44.1 Å². The topological polar surface area (TPSA) is 45.4 Å². The van der Waals surface area contributed by atoms with Gasteiger partial charge in [0.15, 0.2) is 0 Å². The van der Waals surface area contributed by atoms with Gasteiger partial charge in [0.05, 0.1) is 0 Å². The third kappa shape index (κ3) is 10.2. The zero-order valence-electron chi connectivity index (χ0n) is 23.7. The third-order valence-corrected chi connectivity index (χ3v) is 6.16. The molecule has 0 amide bonds. The summed E-state index contributed by atoms with van der Waals surface area (Å²) in [6.45, 7) is 23.8. The Kier molecular flexibility index (Phi) is 14.9. The smallest absolute Gasteiger partial charge is 0.0417 e. The summed E-state index contributed by atoms with van der Waals surface area (Å²) in [6, 6.07) is 22.8. The van der Waals surface area contributed by atoms with Crippen molar-refractivity contribution in [3.8, 4) is 0 Å². The first-order chi connectivity index (χ1) is 17.4. The first-order valence-corrected chi connectivity index (χ1v) is 13.4. The maximum absolute atomic E-state index is 5.67. The average Bonchev–Trinajstić information content (AvgIpc) is 2.93. The molecule has 196 valence electrons. The molecular weight excluding hydrogens is 440 g/mol. The number of allylic oxidation sites excluding steroid dienone is 1. The van der Waals surface area contributed by atoms with Crippen molar-refractivity contribution in [1.29, 1.82) is 0 Å². The molecule has 0 radical (unpaired) electrons. The molecule has 3 aromatic rings. The molecule has 1 fully saturated rings. The van der Waals surface area contributed by atoms with E-state index in [2.05, 4.69) is 84.6 Å². The van der Waals surface area contributed by atoms with E-state index < -0.39 is 0 Å². The lowest BCUT2D eigenvalue weighted by molar-refractivity contribution is 0.153. The van der Waals surface area contributed by atoms with Crippen LogP contribution in [0.3, 0.4) is 0 Å². The van der Waals surface area contributed by atoms with Crippen molar-refractivity contribution in [1.82, 2.24) is 14.8 Å². The van der Waals surface area contributed by atoms with Crippen LogP contribution < -0.4 is 5.73 Å². The van der Waals surface area contributed by atoms with Crippen molar-refractivity contribution in [3.63, 3.8) is 0 Å². The normalized spacial score (nSPS) is 13.6. The summed E-state index contributed by atoms with van der Waals surface area (Å²) in [5, 5.41) is 0. The maximum Gasteiger partial charge on any atom is 0.0417 e. The third-order valence-electron chi connectivity index (χ3n) is 6.16. The van der Waals surface area contributed by atoms with E-state index in [0.29, 0.717) is 5.92 Å². The van der Waals surface area contributed by atoms with Gasteiger partial charge in [-0.1, -0.05) is 89.7 Å². The van der Waals surface area contributed by atoms with Gasteiger partial charge in [-0.05, 0) is 48.7 Å². The molecule has 4 nitrogen and oxygen atoms in total. The van der Waals surface area contributed by atoms with Gasteiger partial charge in [-0.15, -0.1) is 0 Å². The molecular formula is C32H48N4. The second-order valence-electron chi connectivity index (χ2n) is 8.55. The number of benzene rings is 2. The quantitative estimate of drug-likeness (QED) is 0.377. The van der Waals surface area contributed by atoms with E-state index in [-0.39, 0.29) is 0 Å². The van der Waals surface area contributed by atoms with E-state index >= 15 is 0 Å². The van der Waals surface area contributed by atoms with Crippen LogP contribution in [0.5, 0.6) is 0 Å². The number of nitrogens with zero attached hydrogens (tertiary/aromatic N) is 3. The molecule has 2 N–H and O–H groups in total. The second-order valence-corrected chi connectivity index (χ2v) is 8.55. The molecule has 0 spiro atoms. The molecule has 1 aromatic heterocycles. The number of pyridine rings is 1. The van der Waals surface area contributed by atoms with Crippen LogP contribution in [-0.2, 0) is 6.54 Å². The highest BCUT2D eigenvalue weighted by Gasteiger charge is 2.16. The van der Waals surface area contributed by atoms with Crippen molar-refractivity contribution >= 4 is 5.69 Å². The average molecular weight is 489 g/mol. The van der Waals surface area contributed by atoms with Gasteiger partial charge in [0.1, 0.15) is 0 Å². The Morgan fingerprint density at radius 1 is 0.861 bits per heavy atom. The summed E-state index contributed by atoms with van der Waals surface area (Å²) in [6.07, 6.45) is 1.86. The van der Waals surface area contributed by atoms with Crippen LogP contribution >= 0.6 is 0 Å². The number of rotatable bonds is 5. The standard InChI is InChI=1S/C14H21N3.C14H15N.2C2H6/c1-12(2)17-9-7-16(8-10-17)11-14-5-4-6-15-13(14)3;1-11(12-5-3-2-4-6-12)13-7-9-14(15)10-8-13;2*1-2/h4-6H,1,7-11H2,2-3H3;2-11H,15H2,1H3;2*1-2H3. The highest BCUT2D eigenvalue weighted by atomic mass is 15.3. The van der Waals surface area contributed by atoms with Gasteiger partial charge in [-0.2, -0.15) is 0 Å². The zero-order chi connectivity index (χ0) is 26.9. The zero-order valence-corrected chi connectivity index (χ0v) is 23.7. The largest absolute Gasteiger partial charge is 0.399 e. The molecule has 0 aliphatic carbocycles. The monoisotopic (exact) mass is 488 g/mol. The Morgan fingerprint density at radius 3 is 1.94 bits per heavy atom. The number of aromatic nitrogens is 1. The molecule has 2 aromatic carbocycles. The van der Waals surface area contributed by atoms with Gasteiger partial charge in [0.2, 0.25) is 0 Å². The number of hydrogen-bond donors (Lipinski definition) is 1. The van der Waals surface area contributed by atoms with Crippen LogP contribution in [0.4, 0.5) is 5.69 Å². The number of hydrogen-bond acceptors (Lipinski definition) is 4. The van der Waals surface area contributed by atoms with Crippen LogP contribution in [0, 0.1) is 6.92 Å². The van der Waals surface area contributed by atoms with Gasteiger partial charge in [-0.25, -0.2) is 0 Å². The van der Waals surface area contributed by atoms with Crippen molar-refractivity contribution in [2.24, 2.45) is 0 Å². The lowest BCUT2D eigenvalue weighted by Gasteiger charge is -2.36. The van der Waals surface area contributed by atoms with Crippen molar-refractivity contribution in [2.75, 3.05) is 31.9 Å². The first kappa shape index (κ1) is 30.9. The van der Waals surface area contributed by atoms with Gasteiger partial charge < -0.3 is 10.6 Å². The molecule has 0 bridgehead atoms. The molecule has 1 unspecified atom stereocenters. The molecule has 2 heterocycles. The van der Waals surface area contributed by atoms with E-state index in [9.17, 15) is 0 Å². The SMILES string of the molecule is C=C(C)N1CCN(Cc2cccnc2C)CC1.CC.CC.CC(c1ccccc1)c1ccc(N)cc1. The van der Waals surface area contributed by atoms with Crippen LogP contribution in [-0.4, -0.2) is 41.0 Å². The summed E-state index contributed by atoms with van der Waals surface area (Å²) in [4.78, 5) is 9.18. The Balaban J connectivity index is 0.000000318. The number of piperazine rings is 1. The molecule has 1 aliphatic heterocycles. The van der Waals surface area contributed by atoms with Crippen LogP contribution in [0.2, 0.25) is 0 Å². The first-order valence-electron chi connectivity index (χ1n) is 13.4. The number of aryl methyl sites for hydroxylation is 1. The number of nitrogen functional groups attached to an aromatic ring is 1.